The molecular weight excluding hydrogens is 226 g/mol. The average molecular weight is 245 g/mol. The van der Waals surface area contributed by atoms with Crippen molar-refractivity contribution < 1.29 is 4.79 Å². The summed E-state index contributed by atoms with van der Waals surface area (Å²) >= 11 is 0. The molecule has 4 heteroatoms. The zero-order chi connectivity index (χ0) is 13.5. The molecule has 0 aliphatic heterocycles. The molecule has 0 aliphatic rings. The van der Waals surface area contributed by atoms with Gasteiger partial charge >= 0.3 is 0 Å². The largest absolute Gasteiger partial charge is 0.339 e. The third-order valence-electron chi connectivity index (χ3n) is 2.75. The highest BCUT2D eigenvalue weighted by Crippen LogP contribution is 2.11. The lowest BCUT2D eigenvalue weighted by atomic mass is 10.0. The Hall–Kier alpha value is -1.89. The molecule has 0 N–H and O–H groups in total. The molecule has 96 valence electrons. The van der Waals surface area contributed by atoms with Crippen LogP contribution in [-0.4, -0.2) is 22.8 Å². The van der Waals surface area contributed by atoms with Gasteiger partial charge in [-0.05, 0) is 25.5 Å². The molecular formula is C14H19N3O. The number of aromatic nitrogens is 1. The number of rotatable bonds is 5. The zero-order valence-electron chi connectivity index (χ0n) is 11.2. The van der Waals surface area contributed by atoms with Crippen molar-refractivity contribution in [2.24, 2.45) is 5.92 Å². The van der Waals surface area contributed by atoms with E-state index in [2.05, 4.69) is 11.1 Å². The smallest absolute Gasteiger partial charge is 0.240 e. The van der Waals surface area contributed by atoms with E-state index in [1.54, 1.807) is 11.9 Å². The van der Waals surface area contributed by atoms with Gasteiger partial charge in [0, 0.05) is 12.7 Å². The molecule has 0 bridgehead atoms. The summed E-state index contributed by atoms with van der Waals surface area (Å²) in [5, 5.41) is 8.97. The van der Waals surface area contributed by atoms with E-state index >= 15 is 0 Å². The van der Waals surface area contributed by atoms with Gasteiger partial charge in [-0.25, -0.2) is 0 Å². The van der Waals surface area contributed by atoms with Gasteiger partial charge in [-0.3, -0.25) is 9.78 Å². The second-order valence-electron chi connectivity index (χ2n) is 4.43. The maximum atomic E-state index is 12.0. The molecule has 18 heavy (non-hydrogen) atoms. The summed E-state index contributed by atoms with van der Waals surface area (Å²) in [7, 11) is 1.71. The van der Waals surface area contributed by atoms with Crippen LogP contribution in [-0.2, 0) is 11.3 Å². The average Bonchev–Trinajstić information content (AvgIpc) is 2.35. The number of nitriles is 1. The molecule has 1 heterocycles. The van der Waals surface area contributed by atoms with E-state index in [4.69, 9.17) is 5.26 Å². The van der Waals surface area contributed by atoms with Gasteiger partial charge in [0.05, 0.1) is 18.3 Å². The van der Waals surface area contributed by atoms with Gasteiger partial charge in [0.2, 0.25) is 5.91 Å². The number of hydrogen-bond donors (Lipinski definition) is 0. The van der Waals surface area contributed by atoms with Crippen LogP contribution in [0.5, 0.6) is 0 Å². The van der Waals surface area contributed by atoms with E-state index in [0.29, 0.717) is 13.0 Å². The Morgan fingerprint density at radius 1 is 1.56 bits per heavy atom. The summed E-state index contributed by atoms with van der Waals surface area (Å²) in [6.45, 7) is 4.34. The number of amides is 1. The van der Waals surface area contributed by atoms with Crippen LogP contribution in [0.4, 0.5) is 0 Å². The first-order valence-electron chi connectivity index (χ1n) is 6.15. The van der Waals surface area contributed by atoms with Crippen molar-refractivity contribution in [3.63, 3.8) is 0 Å². The Balaban J connectivity index is 2.68. The summed E-state index contributed by atoms with van der Waals surface area (Å²) in [5.74, 6) is -0.660. The summed E-state index contributed by atoms with van der Waals surface area (Å²) in [6, 6.07) is 7.79. The van der Waals surface area contributed by atoms with Crippen molar-refractivity contribution in [2.75, 3.05) is 7.05 Å². The van der Waals surface area contributed by atoms with Gasteiger partial charge in [0.25, 0.3) is 0 Å². The summed E-state index contributed by atoms with van der Waals surface area (Å²) in [4.78, 5) is 18.0. The molecule has 0 saturated carbocycles. The number of hydrogen-bond acceptors (Lipinski definition) is 3. The van der Waals surface area contributed by atoms with Crippen LogP contribution in [0.1, 0.15) is 31.2 Å². The molecule has 0 aromatic carbocycles. The van der Waals surface area contributed by atoms with Crippen LogP contribution in [0.25, 0.3) is 0 Å². The van der Waals surface area contributed by atoms with E-state index in [9.17, 15) is 4.79 Å². The molecule has 4 nitrogen and oxygen atoms in total. The fourth-order valence-corrected chi connectivity index (χ4v) is 1.81. The summed E-state index contributed by atoms with van der Waals surface area (Å²) in [5.41, 5.74) is 1.78. The van der Waals surface area contributed by atoms with E-state index in [1.807, 2.05) is 32.0 Å². The highest BCUT2D eigenvalue weighted by atomic mass is 16.2. The monoisotopic (exact) mass is 245 g/mol. The molecule has 0 fully saturated rings. The molecule has 1 atom stereocenters. The first-order valence-corrected chi connectivity index (χ1v) is 6.15. The molecule has 1 amide bonds. The highest BCUT2D eigenvalue weighted by Gasteiger charge is 2.21. The zero-order valence-corrected chi connectivity index (χ0v) is 11.2. The third-order valence-corrected chi connectivity index (χ3v) is 2.75. The Morgan fingerprint density at radius 3 is 2.83 bits per heavy atom. The molecule has 1 unspecified atom stereocenters. The molecule has 0 spiro atoms. The number of aryl methyl sites for hydroxylation is 1. The lowest BCUT2D eigenvalue weighted by Crippen LogP contribution is -2.32. The highest BCUT2D eigenvalue weighted by molar-refractivity contribution is 5.80. The van der Waals surface area contributed by atoms with Gasteiger partial charge in [-0.15, -0.1) is 0 Å². The van der Waals surface area contributed by atoms with Crippen LogP contribution in [0.15, 0.2) is 18.2 Å². The first-order chi connectivity index (χ1) is 8.58. The maximum Gasteiger partial charge on any atom is 0.240 e. The normalized spacial score (nSPS) is 11.7. The van der Waals surface area contributed by atoms with Crippen LogP contribution in [0, 0.1) is 24.2 Å². The van der Waals surface area contributed by atoms with Crippen LogP contribution in [0.2, 0.25) is 0 Å². The van der Waals surface area contributed by atoms with Gasteiger partial charge in [-0.2, -0.15) is 5.26 Å². The predicted octanol–water partition coefficient (Wildman–Crippen LogP) is 2.29. The minimum atomic E-state index is -0.537. The van der Waals surface area contributed by atoms with Crippen molar-refractivity contribution >= 4 is 5.91 Å². The SMILES string of the molecule is CCCC(C#N)C(=O)N(C)Cc1cccc(C)n1. The van der Waals surface area contributed by atoms with Crippen molar-refractivity contribution in [3.05, 3.63) is 29.6 Å². The molecule has 0 saturated heterocycles. The van der Waals surface area contributed by atoms with Crippen LogP contribution < -0.4 is 0 Å². The van der Waals surface area contributed by atoms with E-state index in [1.165, 1.54) is 0 Å². The fraction of sp³-hybridized carbons (Fsp3) is 0.500. The minimum Gasteiger partial charge on any atom is -0.339 e. The maximum absolute atomic E-state index is 12.0. The molecule has 1 aromatic heterocycles. The number of carbonyl (C=O) groups excluding carboxylic acids is 1. The second-order valence-corrected chi connectivity index (χ2v) is 4.43. The third kappa shape index (κ3) is 3.85. The second kappa shape index (κ2) is 6.75. The quantitative estimate of drug-likeness (QED) is 0.799. The van der Waals surface area contributed by atoms with Crippen molar-refractivity contribution in [1.29, 1.82) is 5.26 Å². The van der Waals surface area contributed by atoms with Crippen LogP contribution in [0.3, 0.4) is 0 Å². The number of carbonyl (C=O) groups is 1. The van der Waals surface area contributed by atoms with Crippen molar-refractivity contribution in [2.45, 2.75) is 33.2 Å². The van der Waals surface area contributed by atoms with Crippen molar-refractivity contribution in [1.82, 2.24) is 9.88 Å². The molecule has 1 rings (SSSR count). The summed E-state index contributed by atoms with van der Waals surface area (Å²) in [6.07, 6.45) is 1.45. The Morgan fingerprint density at radius 2 is 2.28 bits per heavy atom. The van der Waals surface area contributed by atoms with Gasteiger partial charge in [0.1, 0.15) is 5.92 Å². The van der Waals surface area contributed by atoms with Gasteiger partial charge in [0.15, 0.2) is 0 Å². The van der Waals surface area contributed by atoms with Crippen LogP contribution >= 0.6 is 0 Å². The van der Waals surface area contributed by atoms with Gasteiger partial charge in [-0.1, -0.05) is 19.4 Å². The predicted molar refractivity (Wildman–Crippen MR) is 69.5 cm³/mol. The molecule has 0 aliphatic carbocycles. The van der Waals surface area contributed by atoms with E-state index in [-0.39, 0.29) is 5.91 Å². The minimum absolute atomic E-state index is 0.123. The fourth-order valence-electron chi connectivity index (χ4n) is 1.81. The topological polar surface area (TPSA) is 57.0 Å². The first kappa shape index (κ1) is 14.2. The molecule has 0 radical (unpaired) electrons. The molecule has 1 aromatic rings. The van der Waals surface area contributed by atoms with Gasteiger partial charge < -0.3 is 4.90 Å². The Kier molecular flexibility index (Phi) is 5.31. The van der Waals surface area contributed by atoms with E-state index < -0.39 is 5.92 Å². The van der Waals surface area contributed by atoms with Crippen molar-refractivity contribution in [3.8, 4) is 6.07 Å². The number of pyridine rings is 1. The standard InChI is InChI=1S/C14H19N3O/c1-4-6-12(9-15)14(18)17(3)10-13-8-5-7-11(2)16-13/h5,7-8,12H,4,6,10H2,1-3H3. The summed E-state index contributed by atoms with van der Waals surface area (Å²) < 4.78 is 0. The van der Waals surface area contributed by atoms with E-state index in [0.717, 1.165) is 17.8 Å². The Labute approximate surface area is 108 Å². The lowest BCUT2D eigenvalue weighted by Gasteiger charge is -2.19. The lowest BCUT2D eigenvalue weighted by molar-refractivity contribution is -0.133. The number of nitrogens with zero attached hydrogens (tertiary/aromatic N) is 3. The Bertz CT molecular complexity index is 451.